The van der Waals surface area contributed by atoms with E-state index in [0.717, 1.165) is 0 Å². The van der Waals surface area contributed by atoms with Crippen molar-refractivity contribution in [1.29, 1.82) is 0 Å². The molecule has 0 heteroatoms. The molecule has 1 rings (SSSR count). The summed E-state index contributed by atoms with van der Waals surface area (Å²) in [6.45, 7) is 8.46. The molecule has 0 fully saturated rings. The molecule has 0 heterocycles. The van der Waals surface area contributed by atoms with E-state index < -0.39 is 0 Å². The van der Waals surface area contributed by atoms with E-state index in [1.54, 1.807) is 0 Å². The van der Waals surface area contributed by atoms with E-state index in [2.05, 4.69) is 56.8 Å². The SMILES string of the molecule is C=C[C@@](C)(CCCC)c1ccccc1. The van der Waals surface area contributed by atoms with Gasteiger partial charge in [0.1, 0.15) is 0 Å². The van der Waals surface area contributed by atoms with Crippen molar-refractivity contribution in [2.45, 2.75) is 38.5 Å². The molecule has 0 unspecified atom stereocenters. The summed E-state index contributed by atoms with van der Waals surface area (Å²) < 4.78 is 0. The van der Waals surface area contributed by atoms with Gasteiger partial charge >= 0.3 is 0 Å². The Kier molecular flexibility index (Phi) is 3.94. The topological polar surface area (TPSA) is 0 Å². The zero-order valence-corrected chi connectivity index (χ0v) is 9.29. The Morgan fingerprint density at radius 1 is 1.29 bits per heavy atom. The van der Waals surface area contributed by atoms with E-state index in [9.17, 15) is 0 Å². The first-order chi connectivity index (χ1) is 6.73. The molecule has 0 aromatic heterocycles. The summed E-state index contributed by atoms with van der Waals surface area (Å²) in [6.07, 6.45) is 5.78. The van der Waals surface area contributed by atoms with Gasteiger partial charge in [0, 0.05) is 5.41 Å². The first-order valence-corrected chi connectivity index (χ1v) is 5.42. The van der Waals surface area contributed by atoms with Gasteiger partial charge in [-0.1, -0.05) is 63.1 Å². The monoisotopic (exact) mass is 188 g/mol. The molecule has 0 bridgehead atoms. The Balaban J connectivity index is 2.84. The third-order valence-corrected chi connectivity index (χ3v) is 2.93. The summed E-state index contributed by atoms with van der Waals surface area (Å²) in [5.74, 6) is 0. The van der Waals surface area contributed by atoms with Gasteiger partial charge in [-0.2, -0.15) is 0 Å². The lowest BCUT2D eigenvalue weighted by Crippen LogP contribution is -2.18. The zero-order chi connectivity index (χ0) is 10.4. The summed E-state index contributed by atoms with van der Waals surface area (Å²) in [6, 6.07) is 10.6. The van der Waals surface area contributed by atoms with E-state index >= 15 is 0 Å². The van der Waals surface area contributed by atoms with Crippen LogP contribution in [0.5, 0.6) is 0 Å². The minimum atomic E-state index is 0.150. The van der Waals surface area contributed by atoms with Crippen LogP contribution in [0.3, 0.4) is 0 Å². The Bertz CT molecular complexity index is 273. The number of allylic oxidation sites excluding steroid dienone is 1. The van der Waals surface area contributed by atoms with Crippen molar-refractivity contribution >= 4 is 0 Å². The first-order valence-electron chi connectivity index (χ1n) is 5.42. The predicted octanol–water partition coefficient (Wildman–Crippen LogP) is 4.32. The smallest absolute Gasteiger partial charge is 0.0101 e. The summed E-state index contributed by atoms with van der Waals surface area (Å²) >= 11 is 0. The number of rotatable bonds is 5. The Hall–Kier alpha value is -1.04. The molecule has 0 aliphatic rings. The van der Waals surface area contributed by atoms with E-state index in [4.69, 9.17) is 0 Å². The Morgan fingerprint density at radius 3 is 2.43 bits per heavy atom. The van der Waals surface area contributed by atoms with Crippen LogP contribution in [-0.2, 0) is 5.41 Å². The standard InChI is InChI=1S/C14H20/c1-4-6-12-14(3,5-2)13-10-8-7-9-11-13/h5,7-11H,2,4,6,12H2,1,3H3/t14-/m0/s1. The van der Waals surface area contributed by atoms with Gasteiger partial charge in [-0.3, -0.25) is 0 Å². The van der Waals surface area contributed by atoms with Crippen molar-refractivity contribution in [2.24, 2.45) is 0 Å². The van der Waals surface area contributed by atoms with Gasteiger partial charge in [-0.25, -0.2) is 0 Å². The summed E-state index contributed by atoms with van der Waals surface area (Å²) in [7, 11) is 0. The Labute approximate surface area is 87.7 Å². The molecule has 1 aromatic rings. The van der Waals surface area contributed by atoms with Crippen LogP contribution in [0.1, 0.15) is 38.7 Å². The lowest BCUT2D eigenvalue weighted by Gasteiger charge is -2.26. The van der Waals surface area contributed by atoms with Crippen LogP contribution in [0, 0.1) is 0 Å². The van der Waals surface area contributed by atoms with Crippen LogP contribution in [0.2, 0.25) is 0 Å². The van der Waals surface area contributed by atoms with E-state index in [1.807, 2.05) is 0 Å². The zero-order valence-electron chi connectivity index (χ0n) is 9.29. The molecular weight excluding hydrogens is 168 g/mol. The van der Waals surface area contributed by atoms with Crippen molar-refractivity contribution in [3.8, 4) is 0 Å². The molecule has 0 saturated heterocycles. The lowest BCUT2D eigenvalue weighted by molar-refractivity contribution is 0.511. The van der Waals surface area contributed by atoms with E-state index in [0.29, 0.717) is 0 Å². The quantitative estimate of drug-likeness (QED) is 0.604. The lowest BCUT2D eigenvalue weighted by atomic mass is 9.78. The van der Waals surface area contributed by atoms with Crippen molar-refractivity contribution in [1.82, 2.24) is 0 Å². The molecule has 14 heavy (non-hydrogen) atoms. The number of unbranched alkanes of at least 4 members (excludes halogenated alkanes) is 1. The molecule has 0 aliphatic heterocycles. The van der Waals surface area contributed by atoms with Crippen LogP contribution >= 0.6 is 0 Å². The van der Waals surface area contributed by atoms with Gasteiger partial charge in [0.15, 0.2) is 0 Å². The molecule has 0 aliphatic carbocycles. The summed E-state index contributed by atoms with van der Waals surface area (Å²) in [5, 5.41) is 0. The number of hydrogen-bond donors (Lipinski definition) is 0. The van der Waals surface area contributed by atoms with E-state index in [1.165, 1.54) is 24.8 Å². The first kappa shape index (κ1) is 11.0. The maximum atomic E-state index is 3.96. The molecule has 0 spiro atoms. The predicted molar refractivity (Wildman–Crippen MR) is 63.5 cm³/mol. The van der Waals surface area contributed by atoms with Gasteiger partial charge in [0.05, 0.1) is 0 Å². The minimum Gasteiger partial charge on any atom is -0.102 e. The molecule has 1 atom stereocenters. The van der Waals surface area contributed by atoms with E-state index in [-0.39, 0.29) is 5.41 Å². The highest BCUT2D eigenvalue weighted by Crippen LogP contribution is 2.30. The van der Waals surface area contributed by atoms with Gasteiger partial charge in [-0.05, 0) is 12.0 Å². The fraction of sp³-hybridized carbons (Fsp3) is 0.429. The Morgan fingerprint density at radius 2 is 1.93 bits per heavy atom. The molecule has 76 valence electrons. The number of hydrogen-bond acceptors (Lipinski definition) is 0. The summed E-state index contributed by atoms with van der Waals surface area (Å²) in [4.78, 5) is 0. The third-order valence-electron chi connectivity index (χ3n) is 2.93. The number of benzene rings is 1. The second-order valence-electron chi connectivity index (χ2n) is 4.09. The van der Waals surface area contributed by atoms with Crippen molar-refractivity contribution in [2.75, 3.05) is 0 Å². The molecular formula is C14H20. The van der Waals surface area contributed by atoms with Crippen LogP contribution in [0.4, 0.5) is 0 Å². The van der Waals surface area contributed by atoms with Crippen LogP contribution in [-0.4, -0.2) is 0 Å². The molecule has 0 N–H and O–H groups in total. The molecule has 0 radical (unpaired) electrons. The molecule has 1 aromatic carbocycles. The highest BCUT2D eigenvalue weighted by molar-refractivity contribution is 5.28. The highest BCUT2D eigenvalue weighted by Gasteiger charge is 2.21. The largest absolute Gasteiger partial charge is 0.102 e. The van der Waals surface area contributed by atoms with Gasteiger partial charge in [0.25, 0.3) is 0 Å². The highest BCUT2D eigenvalue weighted by atomic mass is 14.2. The summed E-state index contributed by atoms with van der Waals surface area (Å²) in [5.41, 5.74) is 1.53. The molecule has 0 saturated carbocycles. The second kappa shape index (κ2) is 4.99. The second-order valence-corrected chi connectivity index (χ2v) is 4.09. The average Bonchev–Trinajstić information content (AvgIpc) is 2.27. The molecule has 0 amide bonds. The normalized spacial score (nSPS) is 14.7. The fourth-order valence-corrected chi connectivity index (χ4v) is 1.73. The van der Waals surface area contributed by atoms with Crippen molar-refractivity contribution < 1.29 is 0 Å². The van der Waals surface area contributed by atoms with Crippen LogP contribution < -0.4 is 0 Å². The third kappa shape index (κ3) is 2.47. The van der Waals surface area contributed by atoms with Gasteiger partial charge < -0.3 is 0 Å². The van der Waals surface area contributed by atoms with Crippen molar-refractivity contribution in [3.63, 3.8) is 0 Å². The van der Waals surface area contributed by atoms with Crippen LogP contribution in [0.25, 0.3) is 0 Å². The van der Waals surface area contributed by atoms with Crippen molar-refractivity contribution in [3.05, 3.63) is 48.6 Å². The minimum absolute atomic E-state index is 0.150. The fourth-order valence-electron chi connectivity index (χ4n) is 1.73. The van der Waals surface area contributed by atoms with Gasteiger partial charge in [0.2, 0.25) is 0 Å². The maximum Gasteiger partial charge on any atom is 0.0101 e. The average molecular weight is 188 g/mol. The van der Waals surface area contributed by atoms with Crippen LogP contribution in [0.15, 0.2) is 43.0 Å². The molecule has 0 nitrogen and oxygen atoms in total. The maximum absolute atomic E-state index is 3.96. The van der Waals surface area contributed by atoms with Gasteiger partial charge in [-0.15, -0.1) is 6.58 Å².